The normalized spacial score (nSPS) is 14.3. The quantitative estimate of drug-likeness (QED) is 0.933. The van der Waals surface area contributed by atoms with Crippen molar-refractivity contribution >= 4 is 23.2 Å². The maximum absolute atomic E-state index is 12.5. The Kier molecular flexibility index (Phi) is 4.97. The second-order valence-corrected chi connectivity index (χ2v) is 6.22. The molecule has 0 atom stereocenters. The number of piperazine rings is 1. The van der Waals surface area contributed by atoms with E-state index in [2.05, 4.69) is 10.3 Å². The van der Waals surface area contributed by atoms with Gasteiger partial charge in [-0.25, -0.2) is 4.98 Å². The number of aryl methyl sites for hydroxylation is 1. The molecule has 6 heteroatoms. The minimum Gasteiger partial charge on any atom is -0.354 e. The van der Waals surface area contributed by atoms with Crippen molar-refractivity contribution in [1.29, 1.82) is 0 Å². The van der Waals surface area contributed by atoms with E-state index in [4.69, 9.17) is 0 Å². The summed E-state index contributed by atoms with van der Waals surface area (Å²) in [5, 5.41) is 3.28. The molecule has 0 spiro atoms. The van der Waals surface area contributed by atoms with Crippen molar-refractivity contribution in [3.63, 3.8) is 0 Å². The lowest BCUT2D eigenvalue weighted by Crippen LogP contribution is -2.50. The zero-order valence-electron chi connectivity index (χ0n) is 14.5. The van der Waals surface area contributed by atoms with Gasteiger partial charge in [0.1, 0.15) is 5.69 Å². The van der Waals surface area contributed by atoms with Crippen molar-refractivity contribution in [1.82, 2.24) is 14.8 Å². The molecule has 0 bridgehead atoms. The molecule has 2 heterocycles. The monoisotopic (exact) mass is 338 g/mol. The smallest absolute Gasteiger partial charge is 0.272 e. The van der Waals surface area contributed by atoms with Crippen LogP contribution in [-0.4, -0.2) is 52.8 Å². The van der Waals surface area contributed by atoms with Gasteiger partial charge in [0.05, 0.1) is 11.9 Å². The number of pyridine rings is 1. The zero-order chi connectivity index (χ0) is 17.8. The molecular formula is C19H22N4O2. The summed E-state index contributed by atoms with van der Waals surface area (Å²) in [6, 6.07) is 11.7. The number of amides is 2. The summed E-state index contributed by atoms with van der Waals surface area (Å²) in [6.07, 6.45) is 1.67. The number of rotatable bonds is 3. The number of hydrogen-bond acceptors (Lipinski definition) is 4. The van der Waals surface area contributed by atoms with Crippen molar-refractivity contribution in [2.75, 3.05) is 31.5 Å². The second-order valence-electron chi connectivity index (χ2n) is 6.22. The zero-order valence-corrected chi connectivity index (χ0v) is 14.5. The number of nitrogens with zero attached hydrogens (tertiary/aromatic N) is 3. The summed E-state index contributed by atoms with van der Waals surface area (Å²) in [5.74, 6) is -0.0397. The molecule has 1 fully saturated rings. The molecule has 2 amide bonds. The summed E-state index contributed by atoms with van der Waals surface area (Å²) >= 11 is 0. The standard InChI is InChI=1S/C19H22N4O2/c1-14-4-3-5-16(12-14)21-17-6-7-18(20-13-17)19(25)23-10-8-22(9-11-23)15(2)24/h3-7,12-13,21H,8-11H2,1-2H3. The van der Waals surface area contributed by atoms with Crippen LogP contribution in [0.25, 0.3) is 0 Å². The first-order valence-corrected chi connectivity index (χ1v) is 8.37. The SMILES string of the molecule is CC(=O)N1CCN(C(=O)c2ccc(Nc3cccc(C)c3)cn2)CC1. The van der Waals surface area contributed by atoms with Gasteiger partial charge in [-0.1, -0.05) is 12.1 Å². The molecule has 1 aromatic carbocycles. The average molecular weight is 338 g/mol. The number of carbonyl (C=O) groups is 2. The molecule has 0 saturated carbocycles. The highest BCUT2D eigenvalue weighted by Gasteiger charge is 2.23. The maximum atomic E-state index is 12.5. The van der Waals surface area contributed by atoms with Gasteiger partial charge in [-0.15, -0.1) is 0 Å². The maximum Gasteiger partial charge on any atom is 0.272 e. The lowest BCUT2D eigenvalue weighted by atomic mass is 10.2. The van der Waals surface area contributed by atoms with E-state index in [1.165, 1.54) is 5.56 Å². The fourth-order valence-corrected chi connectivity index (χ4v) is 2.87. The second kappa shape index (κ2) is 7.34. The largest absolute Gasteiger partial charge is 0.354 e. The lowest BCUT2D eigenvalue weighted by molar-refractivity contribution is -0.130. The predicted molar refractivity (Wildman–Crippen MR) is 96.9 cm³/mol. The van der Waals surface area contributed by atoms with E-state index < -0.39 is 0 Å². The van der Waals surface area contributed by atoms with E-state index >= 15 is 0 Å². The van der Waals surface area contributed by atoms with E-state index in [-0.39, 0.29) is 11.8 Å². The van der Waals surface area contributed by atoms with Crippen LogP contribution in [-0.2, 0) is 4.79 Å². The fraction of sp³-hybridized carbons (Fsp3) is 0.316. The summed E-state index contributed by atoms with van der Waals surface area (Å²) in [7, 11) is 0. The minimum atomic E-state index is -0.0923. The van der Waals surface area contributed by atoms with Gasteiger partial charge < -0.3 is 15.1 Å². The third kappa shape index (κ3) is 4.15. The van der Waals surface area contributed by atoms with Gasteiger partial charge in [-0.3, -0.25) is 9.59 Å². The number of carbonyl (C=O) groups excluding carboxylic acids is 2. The number of aromatic nitrogens is 1. The van der Waals surface area contributed by atoms with Gasteiger partial charge in [0.15, 0.2) is 0 Å². The molecular weight excluding hydrogens is 316 g/mol. The first-order chi connectivity index (χ1) is 12.0. The fourth-order valence-electron chi connectivity index (χ4n) is 2.87. The Morgan fingerprint density at radius 1 is 1.00 bits per heavy atom. The summed E-state index contributed by atoms with van der Waals surface area (Å²) in [5.41, 5.74) is 3.42. The van der Waals surface area contributed by atoms with E-state index in [1.54, 1.807) is 29.0 Å². The Morgan fingerprint density at radius 2 is 1.72 bits per heavy atom. The van der Waals surface area contributed by atoms with E-state index in [9.17, 15) is 9.59 Å². The number of hydrogen-bond donors (Lipinski definition) is 1. The van der Waals surface area contributed by atoms with Gasteiger partial charge in [0.25, 0.3) is 5.91 Å². The predicted octanol–water partition coefficient (Wildman–Crippen LogP) is 2.44. The van der Waals surface area contributed by atoms with Crippen LogP contribution in [0.4, 0.5) is 11.4 Å². The molecule has 6 nitrogen and oxygen atoms in total. The molecule has 25 heavy (non-hydrogen) atoms. The Bertz CT molecular complexity index is 765. The van der Waals surface area contributed by atoms with Crippen LogP contribution in [0.2, 0.25) is 0 Å². The van der Waals surface area contributed by atoms with E-state index in [1.807, 2.05) is 37.3 Å². The number of nitrogens with one attached hydrogen (secondary N) is 1. The van der Waals surface area contributed by atoms with Crippen LogP contribution in [0, 0.1) is 6.92 Å². The van der Waals surface area contributed by atoms with Crippen molar-refractivity contribution in [2.24, 2.45) is 0 Å². The van der Waals surface area contributed by atoms with Crippen LogP contribution in [0.5, 0.6) is 0 Å². The molecule has 130 valence electrons. The van der Waals surface area contributed by atoms with Crippen molar-refractivity contribution in [3.05, 3.63) is 53.9 Å². The van der Waals surface area contributed by atoms with Gasteiger partial charge >= 0.3 is 0 Å². The molecule has 0 aliphatic carbocycles. The molecule has 1 aliphatic heterocycles. The van der Waals surface area contributed by atoms with Crippen molar-refractivity contribution in [3.8, 4) is 0 Å². The van der Waals surface area contributed by atoms with Crippen LogP contribution in [0.15, 0.2) is 42.6 Å². The van der Waals surface area contributed by atoms with Crippen LogP contribution < -0.4 is 5.32 Å². The first kappa shape index (κ1) is 17.0. The molecule has 0 radical (unpaired) electrons. The van der Waals surface area contributed by atoms with Crippen molar-refractivity contribution in [2.45, 2.75) is 13.8 Å². The third-order valence-corrected chi connectivity index (χ3v) is 4.30. The lowest BCUT2D eigenvalue weighted by Gasteiger charge is -2.34. The van der Waals surface area contributed by atoms with E-state index in [0.717, 1.165) is 11.4 Å². The third-order valence-electron chi connectivity index (χ3n) is 4.30. The van der Waals surface area contributed by atoms with Gasteiger partial charge in [-0.05, 0) is 36.8 Å². The highest BCUT2D eigenvalue weighted by molar-refractivity contribution is 5.92. The van der Waals surface area contributed by atoms with Gasteiger partial charge in [0.2, 0.25) is 5.91 Å². The Balaban J connectivity index is 1.62. The molecule has 0 unspecified atom stereocenters. The summed E-state index contributed by atoms with van der Waals surface area (Å²) < 4.78 is 0. The minimum absolute atomic E-state index is 0.0526. The van der Waals surface area contributed by atoms with Gasteiger partial charge in [-0.2, -0.15) is 0 Å². The summed E-state index contributed by atoms with van der Waals surface area (Å²) in [6.45, 7) is 5.84. The molecule has 1 aromatic heterocycles. The van der Waals surface area contributed by atoms with Crippen LogP contribution in [0.3, 0.4) is 0 Å². The van der Waals surface area contributed by atoms with Crippen molar-refractivity contribution < 1.29 is 9.59 Å². The molecule has 1 aliphatic rings. The average Bonchev–Trinajstić information content (AvgIpc) is 2.62. The first-order valence-electron chi connectivity index (χ1n) is 8.37. The Hall–Kier alpha value is -2.89. The van der Waals surface area contributed by atoms with Gasteiger partial charge in [0, 0.05) is 38.8 Å². The highest BCUT2D eigenvalue weighted by Crippen LogP contribution is 2.17. The number of benzene rings is 1. The Labute approximate surface area is 147 Å². The summed E-state index contributed by atoms with van der Waals surface area (Å²) in [4.78, 5) is 31.7. The molecule has 3 rings (SSSR count). The molecule has 1 N–H and O–H groups in total. The van der Waals surface area contributed by atoms with Crippen LogP contribution >= 0.6 is 0 Å². The topological polar surface area (TPSA) is 65.5 Å². The van der Waals surface area contributed by atoms with E-state index in [0.29, 0.717) is 31.9 Å². The number of anilines is 2. The van der Waals surface area contributed by atoms with Crippen LogP contribution in [0.1, 0.15) is 23.0 Å². The molecule has 2 aromatic rings. The highest BCUT2D eigenvalue weighted by atomic mass is 16.2. The molecule has 1 saturated heterocycles. The Morgan fingerprint density at radius 3 is 2.32 bits per heavy atom.